The Morgan fingerprint density at radius 1 is 1.28 bits per heavy atom. The largest absolute Gasteiger partial charge is 0.377 e. The Hall–Kier alpha value is -1.93. The minimum atomic E-state index is -3.86. The van der Waals surface area contributed by atoms with E-state index in [1.54, 1.807) is 0 Å². The molecule has 1 aliphatic heterocycles. The molecule has 8 heteroatoms. The van der Waals surface area contributed by atoms with Crippen molar-refractivity contribution < 1.29 is 17.9 Å². The van der Waals surface area contributed by atoms with Crippen molar-refractivity contribution in [2.75, 3.05) is 13.2 Å². The normalized spacial score (nSPS) is 17.8. The van der Waals surface area contributed by atoms with Gasteiger partial charge in [0.2, 0.25) is 10.0 Å². The Balaban J connectivity index is 1.75. The van der Waals surface area contributed by atoms with Crippen molar-refractivity contribution >= 4 is 27.5 Å². The fourth-order valence-corrected chi connectivity index (χ4v) is 4.96. The SMILES string of the molecule is Cc1ccccc1C(C)NC(=O)c1ccc(Cl)c(S(=O)(=O)NCC2CCCO2)c1. The van der Waals surface area contributed by atoms with E-state index in [9.17, 15) is 13.2 Å². The number of halogens is 1. The van der Waals surface area contributed by atoms with Crippen LogP contribution >= 0.6 is 11.6 Å². The highest BCUT2D eigenvalue weighted by Gasteiger charge is 2.24. The van der Waals surface area contributed by atoms with Crippen LogP contribution < -0.4 is 10.0 Å². The molecule has 156 valence electrons. The summed E-state index contributed by atoms with van der Waals surface area (Å²) in [5.41, 5.74) is 2.30. The zero-order valence-electron chi connectivity index (χ0n) is 16.4. The molecule has 0 saturated carbocycles. The second kappa shape index (κ2) is 9.26. The third kappa shape index (κ3) is 5.36. The van der Waals surface area contributed by atoms with Crippen LogP contribution in [0.1, 0.15) is 47.3 Å². The van der Waals surface area contributed by atoms with Crippen molar-refractivity contribution in [1.29, 1.82) is 0 Å². The molecule has 2 atom stereocenters. The average Bonchev–Trinajstić information content (AvgIpc) is 3.20. The Bertz CT molecular complexity index is 988. The van der Waals surface area contributed by atoms with Gasteiger partial charge in [-0.2, -0.15) is 0 Å². The maximum absolute atomic E-state index is 12.7. The second-order valence-electron chi connectivity index (χ2n) is 7.18. The Labute approximate surface area is 176 Å². The third-order valence-electron chi connectivity index (χ3n) is 5.01. The van der Waals surface area contributed by atoms with Crippen LogP contribution in [-0.2, 0) is 14.8 Å². The van der Waals surface area contributed by atoms with E-state index in [2.05, 4.69) is 10.0 Å². The number of sulfonamides is 1. The van der Waals surface area contributed by atoms with Gasteiger partial charge in [-0.15, -0.1) is 0 Å². The molecule has 1 amide bonds. The highest BCUT2D eigenvalue weighted by molar-refractivity contribution is 7.89. The summed E-state index contributed by atoms with van der Waals surface area (Å²) in [6, 6.07) is 11.8. The molecule has 3 rings (SSSR count). The molecular formula is C21H25ClN2O4S. The first-order valence-electron chi connectivity index (χ1n) is 9.55. The van der Waals surface area contributed by atoms with E-state index in [1.165, 1.54) is 18.2 Å². The van der Waals surface area contributed by atoms with Gasteiger partial charge in [0.25, 0.3) is 5.91 Å². The first kappa shape index (κ1) is 21.8. The molecule has 0 aliphatic carbocycles. The lowest BCUT2D eigenvalue weighted by Crippen LogP contribution is -2.32. The van der Waals surface area contributed by atoms with Crippen molar-refractivity contribution in [2.24, 2.45) is 0 Å². The summed E-state index contributed by atoms with van der Waals surface area (Å²) in [6.07, 6.45) is 1.60. The number of amides is 1. The molecule has 0 aromatic heterocycles. The molecule has 2 unspecified atom stereocenters. The monoisotopic (exact) mass is 436 g/mol. The van der Waals surface area contributed by atoms with Crippen LogP contribution in [0.2, 0.25) is 5.02 Å². The Morgan fingerprint density at radius 3 is 2.72 bits per heavy atom. The number of benzene rings is 2. The van der Waals surface area contributed by atoms with E-state index < -0.39 is 10.0 Å². The van der Waals surface area contributed by atoms with Crippen LogP contribution in [0.25, 0.3) is 0 Å². The van der Waals surface area contributed by atoms with E-state index in [-0.39, 0.29) is 40.1 Å². The summed E-state index contributed by atoms with van der Waals surface area (Å²) in [5.74, 6) is -0.368. The molecule has 2 aromatic rings. The Kier molecular flexibility index (Phi) is 6.95. The average molecular weight is 437 g/mol. The predicted molar refractivity (Wildman–Crippen MR) is 113 cm³/mol. The van der Waals surface area contributed by atoms with Gasteiger partial charge in [-0.1, -0.05) is 35.9 Å². The number of ether oxygens (including phenoxy) is 1. The fourth-order valence-electron chi connectivity index (χ4n) is 3.37. The summed E-state index contributed by atoms with van der Waals surface area (Å²) >= 11 is 6.12. The van der Waals surface area contributed by atoms with Crippen LogP contribution in [0.15, 0.2) is 47.4 Å². The summed E-state index contributed by atoms with van der Waals surface area (Å²) in [7, 11) is -3.86. The van der Waals surface area contributed by atoms with Crippen LogP contribution in [-0.4, -0.2) is 33.6 Å². The number of rotatable bonds is 7. The molecule has 1 aliphatic rings. The Morgan fingerprint density at radius 2 is 2.03 bits per heavy atom. The fraction of sp³-hybridized carbons (Fsp3) is 0.381. The molecular weight excluding hydrogens is 412 g/mol. The van der Waals surface area contributed by atoms with Gasteiger partial charge in [-0.05, 0) is 56.0 Å². The van der Waals surface area contributed by atoms with E-state index >= 15 is 0 Å². The van der Waals surface area contributed by atoms with E-state index in [1.807, 2.05) is 38.1 Å². The van der Waals surface area contributed by atoms with Crippen LogP contribution in [0, 0.1) is 6.92 Å². The molecule has 6 nitrogen and oxygen atoms in total. The van der Waals surface area contributed by atoms with Crippen LogP contribution in [0.4, 0.5) is 0 Å². The second-order valence-corrected chi connectivity index (χ2v) is 9.33. The van der Waals surface area contributed by atoms with Crippen molar-refractivity contribution in [1.82, 2.24) is 10.0 Å². The maximum atomic E-state index is 12.7. The molecule has 1 fully saturated rings. The summed E-state index contributed by atoms with van der Waals surface area (Å²) in [4.78, 5) is 12.6. The first-order chi connectivity index (χ1) is 13.8. The number of carbonyl (C=O) groups excluding carboxylic acids is 1. The minimum Gasteiger partial charge on any atom is -0.377 e. The molecule has 0 radical (unpaired) electrons. The van der Waals surface area contributed by atoms with Crippen molar-refractivity contribution in [3.8, 4) is 0 Å². The first-order valence-corrected chi connectivity index (χ1v) is 11.4. The molecule has 0 spiro atoms. The molecule has 1 saturated heterocycles. The van der Waals surface area contributed by atoms with Gasteiger partial charge < -0.3 is 10.1 Å². The van der Waals surface area contributed by atoms with Crippen LogP contribution in [0.5, 0.6) is 0 Å². The van der Waals surface area contributed by atoms with E-state index in [0.717, 1.165) is 24.0 Å². The highest BCUT2D eigenvalue weighted by atomic mass is 35.5. The van der Waals surface area contributed by atoms with Crippen molar-refractivity contribution in [2.45, 2.75) is 43.7 Å². The predicted octanol–water partition coefficient (Wildman–Crippen LogP) is 3.60. The molecule has 29 heavy (non-hydrogen) atoms. The molecule has 0 bridgehead atoms. The minimum absolute atomic E-state index is 0.0633. The number of hydrogen-bond donors (Lipinski definition) is 2. The quantitative estimate of drug-likeness (QED) is 0.694. The lowest BCUT2D eigenvalue weighted by molar-refractivity contribution is 0.0939. The molecule has 1 heterocycles. The summed E-state index contributed by atoms with van der Waals surface area (Å²) in [6.45, 7) is 4.68. The van der Waals surface area contributed by atoms with Gasteiger partial charge in [0.1, 0.15) is 4.90 Å². The van der Waals surface area contributed by atoms with Crippen LogP contribution in [0.3, 0.4) is 0 Å². The van der Waals surface area contributed by atoms with Gasteiger partial charge >= 0.3 is 0 Å². The van der Waals surface area contributed by atoms with Gasteiger partial charge in [-0.3, -0.25) is 4.79 Å². The van der Waals surface area contributed by atoms with Gasteiger partial charge in [0.05, 0.1) is 17.2 Å². The number of aryl methyl sites for hydroxylation is 1. The smallest absolute Gasteiger partial charge is 0.251 e. The molecule has 2 aromatic carbocycles. The topological polar surface area (TPSA) is 84.5 Å². The number of nitrogens with one attached hydrogen (secondary N) is 2. The molecule has 2 N–H and O–H groups in total. The van der Waals surface area contributed by atoms with E-state index in [4.69, 9.17) is 16.3 Å². The maximum Gasteiger partial charge on any atom is 0.251 e. The van der Waals surface area contributed by atoms with Crippen molar-refractivity contribution in [3.05, 3.63) is 64.2 Å². The van der Waals surface area contributed by atoms with Gasteiger partial charge in [0, 0.05) is 18.7 Å². The lowest BCUT2D eigenvalue weighted by Gasteiger charge is -2.17. The zero-order chi connectivity index (χ0) is 21.0. The van der Waals surface area contributed by atoms with Gasteiger partial charge in [0.15, 0.2) is 0 Å². The lowest BCUT2D eigenvalue weighted by atomic mass is 10.0. The van der Waals surface area contributed by atoms with E-state index in [0.29, 0.717) is 6.61 Å². The standard InChI is InChI=1S/C21H25ClN2O4S/c1-14-6-3-4-8-18(14)15(2)24-21(25)16-9-10-19(22)20(12-16)29(26,27)23-13-17-7-5-11-28-17/h3-4,6,8-10,12,15,17,23H,5,7,11,13H2,1-2H3,(H,24,25). The third-order valence-corrected chi connectivity index (χ3v) is 6.92. The number of hydrogen-bond acceptors (Lipinski definition) is 4. The van der Waals surface area contributed by atoms with Gasteiger partial charge in [-0.25, -0.2) is 13.1 Å². The summed E-state index contributed by atoms with van der Waals surface area (Å²) in [5, 5.41) is 2.97. The summed E-state index contributed by atoms with van der Waals surface area (Å²) < 4.78 is 33.4. The number of carbonyl (C=O) groups is 1. The highest BCUT2D eigenvalue weighted by Crippen LogP contribution is 2.24. The van der Waals surface area contributed by atoms with Crippen molar-refractivity contribution in [3.63, 3.8) is 0 Å². The zero-order valence-corrected chi connectivity index (χ0v) is 18.0.